The van der Waals surface area contributed by atoms with E-state index in [0.717, 1.165) is 4.88 Å². The van der Waals surface area contributed by atoms with E-state index in [0.29, 0.717) is 13.3 Å². The zero-order valence-corrected chi connectivity index (χ0v) is 9.49. The van der Waals surface area contributed by atoms with Crippen LogP contribution < -0.4 is 5.73 Å². The quantitative estimate of drug-likeness (QED) is 0.893. The largest absolute Gasteiger partial charge is 0.413 e. The number of hydrogen-bond donors (Lipinski definition) is 1. The summed E-state index contributed by atoms with van der Waals surface area (Å²) in [5, 5.41) is 1.81. The van der Waals surface area contributed by atoms with Crippen LogP contribution in [-0.2, 0) is 11.2 Å². The van der Waals surface area contributed by atoms with Gasteiger partial charge in [0.25, 0.3) is 0 Å². The van der Waals surface area contributed by atoms with Crippen molar-refractivity contribution < 1.29 is 18.0 Å². The summed E-state index contributed by atoms with van der Waals surface area (Å²) in [6, 6.07) is 3.56. The van der Waals surface area contributed by atoms with Gasteiger partial charge in [-0.05, 0) is 24.8 Å². The molecule has 90 valence electrons. The first-order chi connectivity index (χ1) is 7.25. The zero-order valence-electron chi connectivity index (χ0n) is 8.67. The molecule has 1 rings (SSSR count). The van der Waals surface area contributed by atoms with E-state index in [1.54, 1.807) is 12.1 Å². The van der Waals surface area contributed by atoms with Gasteiger partial charge in [-0.1, -0.05) is 6.07 Å². The van der Waals surface area contributed by atoms with Gasteiger partial charge in [0.05, 0.1) is 0 Å². The van der Waals surface area contributed by atoms with E-state index in [1.165, 1.54) is 11.3 Å². The lowest BCUT2D eigenvalue weighted by atomic mass is 9.93. The maximum atomic E-state index is 12.4. The number of alkyl halides is 3. The smallest absolute Gasteiger partial charge is 0.312 e. The Hall–Kier alpha value is -0.880. The maximum absolute atomic E-state index is 12.4. The third-order valence-corrected chi connectivity index (χ3v) is 3.28. The molecule has 6 heteroatoms. The number of aryl methyl sites for hydroxylation is 1. The van der Waals surface area contributed by atoms with Crippen molar-refractivity contribution in [2.45, 2.75) is 31.5 Å². The molecule has 1 aromatic rings. The Balaban J connectivity index is 2.59. The summed E-state index contributed by atoms with van der Waals surface area (Å²) in [5.74, 6) is -0.978. The number of carbonyl (C=O) groups excluding carboxylic acids is 1. The summed E-state index contributed by atoms with van der Waals surface area (Å²) in [7, 11) is 0. The summed E-state index contributed by atoms with van der Waals surface area (Å²) in [6.07, 6.45) is -4.58. The van der Waals surface area contributed by atoms with Crippen LogP contribution in [0.15, 0.2) is 17.5 Å². The summed E-state index contributed by atoms with van der Waals surface area (Å²) in [6.45, 7) is 0.712. The molecule has 16 heavy (non-hydrogen) atoms. The van der Waals surface area contributed by atoms with E-state index >= 15 is 0 Å². The van der Waals surface area contributed by atoms with Crippen molar-refractivity contribution in [2.24, 2.45) is 5.73 Å². The molecule has 0 saturated heterocycles. The lowest BCUT2D eigenvalue weighted by Gasteiger charge is -2.25. The van der Waals surface area contributed by atoms with Crippen LogP contribution in [0.1, 0.15) is 18.2 Å². The highest BCUT2D eigenvalue weighted by molar-refractivity contribution is 7.09. The average molecular weight is 251 g/mol. The molecule has 0 aliphatic heterocycles. The molecule has 1 atom stereocenters. The Morgan fingerprint density at radius 3 is 2.56 bits per heavy atom. The number of carbonyl (C=O) groups is 1. The van der Waals surface area contributed by atoms with Crippen LogP contribution in [0.5, 0.6) is 0 Å². The monoisotopic (exact) mass is 251 g/mol. The zero-order chi connectivity index (χ0) is 12.4. The van der Waals surface area contributed by atoms with Gasteiger partial charge < -0.3 is 5.73 Å². The van der Waals surface area contributed by atoms with E-state index < -0.39 is 17.5 Å². The second-order valence-electron chi connectivity index (χ2n) is 3.70. The Morgan fingerprint density at radius 1 is 1.50 bits per heavy atom. The Morgan fingerprint density at radius 2 is 2.12 bits per heavy atom. The van der Waals surface area contributed by atoms with Crippen molar-refractivity contribution in [1.82, 2.24) is 0 Å². The molecule has 0 aliphatic carbocycles. The fraction of sp³-hybridized carbons (Fsp3) is 0.500. The highest BCUT2D eigenvalue weighted by Crippen LogP contribution is 2.30. The summed E-state index contributed by atoms with van der Waals surface area (Å²) < 4.78 is 37.2. The topological polar surface area (TPSA) is 43.1 Å². The van der Waals surface area contributed by atoms with Gasteiger partial charge in [-0.3, -0.25) is 4.79 Å². The molecule has 0 bridgehead atoms. The minimum absolute atomic E-state index is 0.187. The molecule has 2 N–H and O–H groups in total. The standard InChI is InChI=1S/C10H12F3NOS/c1-9(14,10(11,12)13)8(15)5-4-7-3-2-6-16-7/h2-3,6H,4-5,14H2,1H3. The number of halogens is 3. The molecule has 2 nitrogen and oxygen atoms in total. The molecule has 0 aliphatic rings. The first-order valence-corrected chi connectivity index (χ1v) is 5.54. The molecule has 0 radical (unpaired) electrons. The lowest BCUT2D eigenvalue weighted by molar-refractivity contribution is -0.186. The van der Waals surface area contributed by atoms with Crippen LogP contribution >= 0.6 is 11.3 Å². The Kier molecular flexibility index (Phi) is 3.75. The number of nitrogens with two attached hydrogens (primary N) is 1. The van der Waals surface area contributed by atoms with Crippen molar-refractivity contribution >= 4 is 17.1 Å². The predicted octanol–water partition coefficient (Wildman–Crippen LogP) is 2.53. The highest BCUT2D eigenvalue weighted by Gasteiger charge is 2.52. The molecule has 1 unspecified atom stereocenters. The molecule has 0 amide bonds. The van der Waals surface area contributed by atoms with Gasteiger partial charge >= 0.3 is 6.18 Å². The number of hydrogen-bond acceptors (Lipinski definition) is 3. The molecule has 0 saturated carbocycles. The second kappa shape index (κ2) is 4.55. The fourth-order valence-electron chi connectivity index (χ4n) is 1.11. The van der Waals surface area contributed by atoms with E-state index in [4.69, 9.17) is 5.73 Å². The van der Waals surface area contributed by atoms with Gasteiger partial charge in [-0.2, -0.15) is 13.2 Å². The number of rotatable bonds is 4. The second-order valence-corrected chi connectivity index (χ2v) is 4.73. The van der Waals surface area contributed by atoms with Crippen LogP contribution in [0.25, 0.3) is 0 Å². The molecule has 1 aromatic heterocycles. The highest BCUT2D eigenvalue weighted by atomic mass is 32.1. The normalized spacial score (nSPS) is 15.8. The van der Waals surface area contributed by atoms with Crippen LogP contribution in [-0.4, -0.2) is 17.5 Å². The third-order valence-electron chi connectivity index (χ3n) is 2.35. The van der Waals surface area contributed by atoms with Gasteiger partial charge in [-0.15, -0.1) is 11.3 Å². The minimum Gasteiger partial charge on any atom is -0.312 e. The summed E-state index contributed by atoms with van der Waals surface area (Å²) >= 11 is 1.41. The van der Waals surface area contributed by atoms with Crippen LogP contribution in [0.3, 0.4) is 0 Å². The molecular formula is C10H12F3NOS. The first kappa shape index (κ1) is 13.2. The van der Waals surface area contributed by atoms with Gasteiger partial charge in [0.15, 0.2) is 11.3 Å². The van der Waals surface area contributed by atoms with Gasteiger partial charge in [0.1, 0.15) is 0 Å². The van der Waals surface area contributed by atoms with Crippen LogP contribution in [0, 0.1) is 0 Å². The Bertz CT molecular complexity index is 357. The third kappa shape index (κ3) is 2.82. The fourth-order valence-corrected chi connectivity index (χ4v) is 1.82. The Labute approximate surface area is 95.3 Å². The summed E-state index contributed by atoms with van der Waals surface area (Å²) in [5.41, 5.74) is 2.26. The van der Waals surface area contributed by atoms with Crippen molar-refractivity contribution in [1.29, 1.82) is 0 Å². The van der Waals surface area contributed by atoms with Crippen LogP contribution in [0.2, 0.25) is 0 Å². The first-order valence-electron chi connectivity index (χ1n) is 4.66. The van der Waals surface area contributed by atoms with Crippen molar-refractivity contribution in [2.75, 3.05) is 0 Å². The molecule has 0 aromatic carbocycles. The molecule has 0 spiro atoms. The number of Topliss-reactive ketones (excluding diaryl/α,β-unsaturated/α-hetero) is 1. The predicted molar refractivity (Wildman–Crippen MR) is 56.3 cm³/mol. The van der Waals surface area contributed by atoms with E-state index in [1.807, 2.05) is 5.38 Å². The number of thiophene rings is 1. The molecule has 0 fully saturated rings. The van der Waals surface area contributed by atoms with Crippen molar-refractivity contribution in [3.63, 3.8) is 0 Å². The van der Waals surface area contributed by atoms with Crippen molar-refractivity contribution in [3.8, 4) is 0 Å². The van der Waals surface area contributed by atoms with E-state index in [2.05, 4.69) is 0 Å². The van der Waals surface area contributed by atoms with Gasteiger partial charge in [-0.25, -0.2) is 0 Å². The van der Waals surface area contributed by atoms with Gasteiger partial charge in [0.2, 0.25) is 0 Å². The summed E-state index contributed by atoms with van der Waals surface area (Å²) in [4.78, 5) is 12.2. The minimum atomic E-state index is -4.69. The molecule has 1 heterocycles. The average Bonchev–Trinajstić information content (AvgIpc) is 2.64. The SMILES string of the molecule is CC(N)(C(=O)CCc1cccs1)C(F)(F)F. The van der Waals surface area contributed by atoms with E-state index in [9.17, 15) is 18.0 Å². The number of ketones is 1. The van der Waals surface area contributed by atoms with Crippen molar-refractivity contribution in [3.05, 3.63) is 22.4 Å². The lowest BCUT2D eigenvalue weighted by Crippen LogP contribution is -2.57. The van der Waals surface area contributed by atoms with E-state index in [-0.39, 0.29) is 6.42 Å². The molecular weight excluding hydrogens is 239 g/mol. The van der Waals surface area contributed by atoms with Gasteiger partial charge in [0, 0.05) is 11.3 Å². The van der Waals surface area contributed by atoms with Crippen LogP contribution in [0.4, 0.5) is 13.2 Å². The maximum Gasteiger partial charge on any atom is 0.413 e.